The predicted octanol–water partition coefficient (Wildman–Crippen LogP) is 2.31. The monoisotopic (exact) mass is 298 g/mol. The third kappa shape index (κ3) is 6.66. The van der Waals surface area contributed by atoms with Crippen LogP contribution in [0.5, 0.6) is 0 Å². The van der Waals surface area contributed by atoms with Crippen molar-refractivity contribution in [3.8, 4) is 0 Å². The van der Waals surface area contributed by atoms with Crippen molar-refractivity contribution >= 4 is 6.03 Å². The first kappa shape index (κ1) is 16.6. The van der Waals surface area contributed by atoms with Gasteiger partial charge in [-0.2, -0.15) is 0 Å². The minimum absolute atomic E-state index is 0.0289. The summed E-state index contributed by atoms with van der Waals surface area (Å²) < 4.78 is 10.9. The molecule has 2 rings (SSSR count). The SMILES string of the molecule is CC1CCC(NC(=O)NCCCOC[C@@H]2CCOC2)CC1. The normalized spacial score (nSPS) is 29.3. The van der Waals surface area contributed by atoms with Gasteiger partial charge in [0.25, 0.3) is 0 Å². The van der Waals surface area contributed by atoms with E-state index in [1.807, 2.05) is 0 Å². The number of urea groups is 1. The van der Waals surface area contributed by atoms with Gasteiger partial charge in [0.1, 0.15) is 0 Å². The minimum Gasteiger partial charge on any atom is -0.381 e. The molecule has 122 valence electrons. The molecule has 0 unspecified atom stereocenters. The lowest BCUT2D eigenvalue weighted by atomic mass is 9.87. The lowest BCUT2D eigenvalue weighted by molar-refractivity contribution is 0.0885. The van der Waals surface area contributed by atoms with E-state index < -0.39 is 0 Å². The molecule has 2 amide bonds. The van der Waals surface area contributed by atoms with Crippen LogP contribution in [0.3, 0.4) is 0 Å². The van der Waals surface area contributed by atoms with Crippen LogP contribution in [0.15, 0.2) is 0 Å². The Morgan fingerprint density at radius 1 is 1.24 bits per heavy atom. The van der Waals surface area contributed by atoms with Crippen molar-refractivity contribution in [3.05, 3.63) is 0 Å². The van der Waals surface area contributed by atoms with Crippen LogP contribution in [0, 0.1) is 11.8 Å². The molecule has 2 aliphatic rings. The first-order valence-corrected chi connectivity index (χ1v) is 8.44. The van der Waals surface area contributed by atoms with Crippen molar-refractivity contribution in [2.24, 2.45) is 11.8 Å². The maximum Gasteiger partial charge on any atom is 0.315 e. The van der Waals surface area contributed by atoms with Crippen LogP contribution in [0.1, 0.15) is 45.4 Å². The van der Waals surface area contributed by atoms with Crippen LogP contribution in [-0.4, -0.2) is 45.0 Å². The summed E-state index contributed by atoms with van der Waals surface area (Å²) in [4.78, 5) is 11.8. The van der Waals surface area contributed by atoms with E-state index in [9.17, 15) is 4.79 Å². The van der Waals surface area contributed by atoms with Crippen molar-refractivity contribution in [1.82, 2.24) is 10.6 Å². The molecule has 2 N–H and O–H groups in total. The number of carbonyl (C=O) groups excluding carboxylic acids is 1. The molecule has 21 heavy (non-hydrogen) atoms. The van der Waals surface area contributed by atoms with Crippen LogP contribution in [0.2, 0.25) is 0 Å². The molecule has 0 aromatic heterocycles. The van der Waals surface area contributed by atoms with Gasteiger partial charge in [-0.05, 0) is 44.4 Å². The standard InChI is InChI=1S/C16H30N2O3/c1-13-3-5-15(6-4-13)18-16(19)17-8-2-9-20-11-14-7-10-21-12-14/h13-15H,2-12H2,1H3,(H2,17,18,19)/t13?,14-,15?/m0/s1. The summed E-state index contributed by atoms with van der Waals surface area (Å²) in [7, 11) is 0. The minimum atomic E-state index is -0.0289. The number of nitrogens with one attached hydrogen (secondary N) is 2. The lowest BCUT2D eigenvalue weighted by Gasteiger charge is -2.26. The third-order valence-corrected chi connectivity index (χ3v) is 4.48. The van der Waals surface area contributed by atoms with Gasteiger partial charge >= 0.3 is 6.03 Å². The number of hydrogen-bond donors (Lipinski definition) is 2. The highest BCUT2D eigenvalue weighted by Crippen LogP contribution is 2.23. The molecule has 1 atom stereocenters. The Morgan fingerprint density at radius 3 is 2.76 bits per heavy atom. The van der Waals surface area contributed by atoms with Gasteiger partial charge in [0.2, 0.25) is 0 Å². The fraction of sp³-hybridized carbons (Fsp3) is 0.938. The largest absolute Gasteiger partial charge is 0.381 e. The molecular formula is C16H30N2O3. The summed E-state index contributed by atoms with van der Waals surface area (Å²) in [5.74, 6) is 1.38. The fourth-order valence-electron chi connectivity index (χ4n) is 2.98. The van der Waals surface area contributed by atoms with E-state index in [2.05, 4.69) is 17.6 Å². The Bertz CT molecular complexity index is 298. The quantitative estimate of drug-likeness (QED) is 0.709. The number of amides is 2. The highest BCUT2D eigenvalue weighted by molar-refractivity contribution is 5.74. The van der Waals surface area contributed by atoms with Crippen molar-refractivity contribution in [2.75, 3.05) is 33.0 Å². The highest BCUT2D eigenvalue weighted by atomic mass is 16.5. The summed E-state index contributed by atoms with van der Waals surface area (Å²) in [5.41, 5.74) is 0. The smallest absolute Gasteiger partial charge is 0.315 e. The van der Waals surface area contributed by atoms with Crippen molar-refractivity contribution in [2.45, 2.75) is 51.5 Å². The second-order valence-corrected chi connectivity index (χ2v) is 6.52. The number of carbonyl (C=O) groups is 1. The summed E-state index contributed by atoms with van der Waals surface area (Å²) in [5, 5.41) is 5.98. The second-order valence-electron chi connectivity index (χ2n) is 6.52. The number of ether oxygens (including phenoxy) is 2. The van der Waals surface area contributed by atoms with Crippen molar-refractivity contribution in [3.63, 3.8) is 0 Å². The Morgan fingerprint density at radius 2 is 2.05 bits per heavy atom. The molecule has 1 aliphatic carbocycles. The Kier molecular flexibility index (Phi) is 7.30. The van der Waals surface area contributed by atoms with Gasteiger partial charge in [0.05, 0.1) is 13.2 Å². The summed E-state index contributed by atoms with van der Waals surface area (Å²) in [6.07, 6.45) is 6.65. The number of hydrogen-bond acceptors (Lipinski definition) is 3. The zero-order valence-electron chi connectivity index (χ0n) is 13.2. The van der Waals surface area contributed by atoms with Crippen LogP contribution >= 0.6 is 0 Å². The molecule has 5 heteroatoms. The molecule has 5 nitrogen and oxygen atoms in total. The summed E-state index contributed by atoms with van der Waals surface area (Å²) >= 11 is 0. The first-order valence-electron chi connectivity index (χ1n) is 8.44. The molecule has 2 fully saturated rings. The van der Waals surface area contributed by atoms with E-state index in [1.165, 1.54) is 12.8 Å². The van der Waals surface area contributed by atoms with Gasteiger partial charge in [0.15, 0.2) is 0 Å². The van der Waals surface area contributed by atoms with Gasteiger partial charge < -0.3 is 20.1 Å². The van der Waals surface area contributed by atoms with E-state index >= 15 is 0 Å². The van der Waals surface area contributed by atoms with E-state index in [0.717, 1.165) is 51.4 Å². The summed E-state index contributed by atoms with van der Waals surface area (Å²) in [6, 6.07) is 0.332. The van der Waals surface area contributed by atoms with E-state index in [4.69, 9.17) is 9.47 Å². The topological polar surface area (TPSA) is 59.6 Å². The molecule has 0 bridgehead atoms. The molecule has 1 saturated carbocycles. The Balaban J connectivity index is 1.42. The van der Waals surface area contributed by atoms with Crippen LogP contribution in [-0.2, 0) is 9.47 Å². The van der Waals surface area contributed by atoms with Gasteiger partial charge in [-0.25, -0.2) is 4.79 Å². The molecule has 0 spiro atoms. The van der Waals surface area contributed by atoms with E-state index in [0.29, 0.717) is 25.1 Å². The molecule has 1 saturated heterocycles. The zero-order chi connectivity index (χ0) is 14.9. The van der Waals surface area contributed by atoms with Crippen LogP contribution in [0.4, 0.5) is 4.79 Å². The van der Waals surface area contributed by atoms with Gasteiger partial charge in [-0.1, -0.05) is 6.92 Å². The highest BCUT2D eigenvalue weighted by Gasteiger charge is 2.19. The van der Waals surface area contributed by atoms with Crippen LogP contribution < -0.4 is 10.6 Å². The average Bonchev–Trinajstić information content (AvgIpc) is 2.98. The molecular weight excluding hydrogens is 268 g/mol. The molecule has 0 aromatic carbocycles. The van der Waals surface area contributed by atoms with Crippen molar-refractivity contribution < 1.29 is 14.3 Å². The molecule has 0 radical (unpaired) electrons. The summed E-state index contributed by atoms with van der Waals surface area (Å²) in [6.45, 7) is 6.16. The van der Waals surface area contributed by atoms with Crippen LogP contribution in [0.25, 0.3) is 0 Å². The zero-order valence-corrected chi connectivity index (χ0v) is 13.2. The van der Waals surface area contributed by atoms with Gasteiger partial charge in [-0.15, -0.1) is 0 Å². The third-order valence-electron chi connectivity index (χ3n) is 4.48. The molecule has 1 aliphatic heterocycles. The van der Waals surface area contributed by atoms with Crippen molar-refractivity contribution in [1.29, 1.82) is 0 Å². The fourth-order valence-corrected chi connectivity index (χ4v) is 2.98. The second kappa shape index (κ2) is 9.26. The van der Waals surface area contributed by atoms with E-state index in [1.54, 1.807) is 0 Å². The number of rotatable bonds is 7. The van der Waals surface area contributed by atoms with Gasteiger partial charge in [0, 0.05) is 31.7 Å². The first-order chi connectivity index (χ1) is 10.2. The maximum atomic E-state index is 11.8. The van der Waals surface area contributed by atoms with E-state index in [-0.39, 0.29) is 6.03 Å². The molecule has 1 heterocycles. The lowest BCUT2D eigenvalue weighted by Crippen LogP contribution is -2.43. The molecule has 0 aromatic rings. The Labute approximate surface area is 128 Å². The maximum absolute atomic E-state index is 11.8. The van der Waals surface area contributed by atoms with Gasteiger partial charge in [-0.3, -0.25) is 0 Å². The predicted molar refractivity (Wildman–Crippen MR) is 82.3 cm³/mol. The Hall–Kier alpha value is -0.810. The average molecular weight is 298 g/mol.